The van der Waals surface area contributed by atoms with Gasteiger partial charge < -0.3 is 14.5 Å². The summed E-state index contributed by atoms with van der Waals surface area (Å²) in [6, 6.07) is 21.6. The molecule has 2 N–H and O–H groups in total. The van der Waals surface area contributed by atoms with Crippen molar-refractivity contribution in [3.8, 4) is 11.5 Å². The van der Waals surface area contributed by atoms with E-state index in [1.807, 2.05) is 56.3 Å². The quantitative estimate of drug-likeness (QED) is 0.262. The molecule has 3 aromatic carbocycles. The Kier molecular flexibility index (Phi) is 7.29. The van der Waals surface area contributed by atoms with Gasteiger partial charge in [-0.15, -0.1) is 0 Å². The van der Waals surface area contributed by atoms with Gasteiger partial charge in [0.1, 0.15) is 11.5 Å². The number of rotatable bonds is 6. The molecule has 0 unspecified atom stereocenters. The zero-order valence-corrected chi connectivity index (χ0v) is 21.8. The normalized spacial score (nSPS) is 13.6. The molecule has 2 amide bonds. The summed E-state index contributed by atoms with van der Waals surface area (Å²) in [6.45, 7) is 3.75. The SMILES string of the molecule is Cc1cccc(C(=O)N/N=C2\CCCc3oc(C(=O)Nc4cc(Cl)ccc4Oc4ccccc4)c(C)c32)c1. The fourth-order valence-corrected chi connectivity index (χ4v) is 4.62. The second-order valence-electron chi connectivity index (χ2n) is 9.09. The maximum atomic E-state index is 13.3. The molecule has 0 fully saturated rings. The number of benzene rings is 3. The van der Waals surface area contributed by atoms with Crippen LogP contribution in [0.2, 0.25) is 5.02 Å². The fraction of sp³-hybridized carbons (Fsp3) is 0.167. The minimum Gasteiger partial charge on any atom is -0.455 e. The smallest absolute Gasteiger partial charge is 0.291 e. The summed E-state index contributed by atoms with van der Waals surface area (Å²) in [5.74, 6) is 1.21. The molecule has 4 aromatic rings. The van der Waals surface area contributed by atoms with Crippen molar-refractivity contribution in [2.75, 3.05) is 5.32 Å². The minimum absolute atomic E-state index is 0.181. The average Bonchev–Trinajstić information content (AvgIpc) is 3.26. The Morgan fingerprint density at radius 3 is 2.55 bits per heavy atom. The highest BCUT2D eigenvalue weighted by Gasteiger charge is 2.28. The van der Waals surface area contributed by atoms with Gasteiger partial charge in [-0.25, -0.2) is 5.43 Å². The number of para-hydroxylation sites is 1. The molecule has 8 heteroatoms. The van der Waals surface area contributed by atoms with Crippen LogP contribution < -0.4 is 15.5 Å². The molecule has 1 aromatic heterocycles. The van der Waals surface area contributed by atoms with E-state index in [9.17, 15) is 9.59 Å². The second-order valence-corrected chi connectivity index (χ2v) is 9.52. The third kappa shape index (κ3) is 5.48. The predicted octanol–water partition coefficient (Wildman–Crippen LogP) is 7.06. The molecule has 38 heavy (non-hydrogen) atoms. The molecule has 0 saturated carbocycles. The fourth-order valence-electron chi connectivity index (χ4n) is 4.45. The van der Waals surface area contributed by atoms with Crippen LogP contribution in [0.5, 0.6) is 11.5 Å². The van der Waals surface area contributed by atoms with Gasteiger partial charge >= 0.3 is 0 Å². The summed E-state index contributed by atoms with van der Waals surface area (Å²) in [6.07, 6.45) is 2.13. The number of halogens is 1. The van der Waals surface area contributed by atoms with E-state index in [0.29, 0.717) is 57.6 Å². The molecule has 0 saturated heterocycles. The monoisotopic (exact) mass is 527 g/mol. The molecule has 0 bridgehead atoms. The first kappa shape index (κ1) is 25.3. The number of amides is 2. The minimum atomic E-state index is -0.430. The average molecular weight is 528 g/mol. The Morgan fingerprint density at radius 1 is 0.947 bits per heavy atom. The number of aryl methyl sites for hydroxylation is 2. The van der Waals surface area contributed by atoms with Crippen LogP contribution in [0.15, 0.2) is 82.3 Å². The van der Waals surface area contributed by atoms with Gasteiger partial charge in [-0.1, -0.05) is 47.5 Å². The third-order valence-electron chi connectivity index (χ3n) is 6.27. The van der Waals surface area contributed by atoms with Crippen LogP contribution in [0.4, 0.5) is 5.69 Å². The largest absolute Gasteiger partial charge is 0.455 e. The zero-order valence-electron chi connectivity index (χ0n) is 21.0. The first-order valence-corrected chi connectivity index (χ1v) is 12.7. The maximum Gasteiger partial charge on any atom is 0.291 e. The number of nitrogens with one attached hydrogen (secondary N) is 2. The molecule has 1 aliphatic carbocycles. The Morgan fingerprint density at radius 2 is 1.76 bits per heavy atom. The molecule has 0 atom stereocenters. The number of hydrogen-bond donors (Lipinski definition) is 2. The number of hydrazone groups is 1. The lowest BCUT2D eigenvalue weighted by molar-refractivity contribution is 0.0953. The number of fused-ring (bicyclic) bond motifs is 1. The topological polar surface area (TPSA) is 92.9 Å². The highest BCUT2D eigenvalue weighted by Crippen LogP contribution is 2.34. The van der Waals surface area contributed by atoms with Crippen LogP contribution >= 0.6 is 11.6 Å². The van der Waals surface area contributed by atoms with Gasteiger partial charge in [0.15, 0.2) is 11.5 Å². The summed E-state index contributed by atoms with van der Waals surface area (Å²) in [4.78, 5) is 26.0. The van der Waals surface area contributed by atoms with Crippen LogP contribution in [0.3, 0.4) is 0 Å². The van der Waals surface area contributed by atoms with Crippen molar-refractivity contribution in [2.45, 2.75) is 33.1 Å². The van der Waals surface area contributed by atoms with Crippen molar-refractivity contribution < 1.29 is 18.7 Å². The second kappa shape index (κ2) is 10.9. The summed E-state index contributed by atoms with van der Waals surface area (Å²) < 4.78 is 12.0. The molecule has 5 rings (SSSR count). The lowest BCUT2D eigenvalue weighted by atomic mass is 9.93. The molecule has 0 spiro atoms. The van der Waals surface area contributed by atoms with Crippen molar-refractivity contribution in [3.05, 3.63) is 112 Å². The van der Waals surface area contributed by atoms with E-state index in [0.717, 1.165) is 17.5 Å². The van der Waals surface area contributed by atoms with Gasteiger partial charge in [0.05, 0.1) is 11.4 Å². The van der Waals surface area contributed by atoms with Gasteiger partial charge in [-0.3, -0.25) is 9.59 Å². The molecule has 1 aliphatic rings. The van der Waals surface area contributed by atoms with Gasteiger partial charge in [0.25, 0.3) is 11.8 Å². The Hall–Kier alpha value is -4.36. The molecule has 7 nitrogen and oxygen atoms in total. The summed E-state index contributed by atoms with van der Waals surface area (Å²) >= 11 is 6.21. The van der Waals surface area contributed by atoms with Gasteiger partial charge in [-0.05, 0) is 69.2 Å². The first-order chi connectivity index (χ1) is 18.4. The van der Waals surface area contributed by atoms with Crippen molar-refractivity contribution in [1.82, 2.24) is 5.43 Å². The van der Waals surface area contributed by atoms with Crippen molar-refractivity contribution >= 4 is 34.8 Å². The zero-order chi connectivity index (χ0) is 26.6. The Balaban J connectivity index is 1.38. The van der Waals surface area contributed by atoms with Crippen molar-refractivity contribution in [3.63, 3.8) is 0 Å². The summed E-state index contributed by atoms with van der Waals surface area (Å²) in [7, 11) is 0. The molecule has 0 radical (unpaired) electrons. The maximum absolute atomic E-state index is 13.3. The third-order valence-corrected chi connectivity index (χ3v) is 6.50. The Bertz CT molecular complexity index is 1540. The summed E-state index contributed by atoms with van der Waals surface area (Å²) in [5.41, 5.74) is 6.70. The van der Waals surface area contributed by atoms with Gasteiger partial charge in [0.2, 0.25) is 0 Å². The van der Waals surface area contributed by atoms with E-state index >= 15 is 0 Å². The molecular formula is C30H26ClN3O4. The number of anilines is 1. The predicted molar refractivity (Wildman–Crippen MR) is 147 cm³/mol. The Labute approximate surface area is 225 Å². The molecular weight excluding hydrogens is 502 g/mol. The molecule has 0 aliphatic heterocycles. The van der Waals surface area contributed by atoms with E-state index in [2.05, 4.69) is 15.8 Å². The van der Waals surface area contributed by atoms with E-state index in [1.165, 1.54) is 0 Å². The highest BCUT2D eigenvalue weighted by molar-refractivity contribution is 6.31. The molecule has 1 heterocycles. The lowest BCUT2D eigenvalue weighted by Crippen LogP contribution is -2.22. The number of ether oxygens (including phenoxy) is 1. The van der Waals surface area contributed by atoms with Crippen molar-refractivity contribution in [1.29, 1.82) is 0 Å². The van der Waals surface area contributed by atoms with E-state index in [1.54, 1.807) is 30.3 Å². The van der Waals surface area contributed by atoms with Crippen LogP contribution in [0, 0.1) is 13.8 Å². The lowest BCUT2D eigenvalue weighted by Gasteiger charge is -2.13. The van der Waals surface area contributed by atoms with Crippen molar-refractivity contribution in [2.24, 2.45) is 5.10 Å². The number of carbonyl (C=O) groups is 2. The van der Waals surface area contributed by atoms with Gasteiger partial charge in [0, 0.05) is 28.1 Å². The van der Waals surface area contributed by atoms with E-state index in [-0.39, 0.29) is 11.7 Å². The number of hydrogen-bond acceptors (Lipinski definition) is 5. The number of nitrogens with zero attached hydrogens (tertiary/aromatic N) is 1. The van der Waals surface area contributed by atoms with E-state index < -0.39 is 5.91 Å². The van der Waals surface area contributed by atoms with Crippen LogP contribution in [0.25, 0.3) is 0 Å². The number of furan rings is 1. The van der Waals surface area contributed by atoms with Gasteiger partial charge in [-0.2, -0.15) is 5.10 Å². The van der Waals surface area contributed by atoms with Crippen LogP contribution in [0.1, 0.15) is 56.2 Å². The number of carbonyl (C=O) groups excluding carboxylic acids is 2. The first-order valence-electron chi connectivity index (χ1n) is 12.3. The highest BCUT2D eigenvalue weighted by atomic mass is 35.5. The summed E-state index contributed by atoms with van der Waals surface area (Å²) in [5, 5.41) is 7.74. The van der Waals surface area contributed by atoms with Crippen LogP contribution in [-0.4, -0.2) is 17.5 Å². The molecule has 192 valence electrons. The van der Waals surface area contributed by atoms with E-state index in [4.69, 9.17) is 20.8 Å². The standard InChI is InChI=1S/C30H26ClN3O4/c1-18-8-6-9-20(16-18)29(35)34-33-23-12-7-13-26-27(23)19(2)28(38-26)30(36)32-24-17-21(31)14-15-25(24)37-22-10-4-3-5-11-22/h3-6,8-11,14-17H,7,12-13H2,1-2H3,(H,32,36)(H,34,35)/b33-23+. The van der Waals surface area contributed by atoms with Crippen LogP contribution in [-0.2, 0) is 6.42 Å².